The summed E-state index contributed by atoms with van der Waals surface area (Å²) in [5.41, 5.74) is 0. The molecule has 0 unspecified atom stereocenters. The fourth-order valence-corrected chi connectivity index (χ4v) is 2.83. The quantitative estimate of drug-likeness (QED) is 0.439. The molecule has 0 bridgehead atoms. The summed E-state index contributed by atoms with van der Waals surface area (Å²) >= 11 is 4.90. The van der Waals surface area contributed by atoms with E-state index in [2.05, 4.69) is 22.1 Å². The first-order valence-corrected chi connectivity index (χ1v) is 7.94. The van der Waals surface area contributed by atoms with E-state index >= 15 is 0 Å². The van der Waals surface area contributed by atoms with Crippen molar-refractivity contribution in [1.82, 2.24) is 15.2 Å². The van der Waals surface area contributed by atoms with Gasteiger partial charge in [0.2, 0.25) is 4.77 Å². The summed E-state index contributed by atoms with van der Waals surface area (Å²) in [6, 6.07) is 0. The number of rotatable bonds is 8. The Morgan fingerprint density at radius 2 is 2.15 bits per heavy atom. The number of unbranched alkanes of at least 4 members (excludes halogenated alkanes) is 3. The minimum Gasteiger partial charge on any atom is -0.462 e. The van der Waals surface area contributed by atoms with Gasteiger partial charge in [-0.3, -0.25) is 15.0 Å². The Hall–Kier alpha value is -1.17. The lowest BCUT2D eigenvalue weighted by Crippen LogP contribution is -2.09. The third-order valence-corrected chi connectivity index (χ3v) is 4.02. The average Bonchev–Trinajstić information content (AvgIpc) is 2.99. The topological polar surface area (TPSA) is 70.8 Å². The van der Waals surface area contributed by atoms with E-state index in [0.717, 1.165) is 37.9 Å². The summed E-state index contributed by atoms with van der Waals surface area (Å²) in [7, 11) is 0. The van der Waals surface area contributed by atoms with Gasteiger partial charge in [-0.2, -0.15) is 0 Å². The molecule has 2 rings (SSSR count). The highest BCUT2D eigenvalue weighted by Gasteiger charge is 2.33. The van der Waals surface area contributed by atoms with Gasteiger partial charge in [-0.1, -0.05) is 26.2 Å². The predicted octanol–water partition coefficient (Wildman–Crippen LogP) is 3.30. The van der Waals surface area contributed by atoms with E-state index in [4.69, 9.17) is 17.0 Å². The molecule has 0 saturated carbocycles. The zero-order valence-electron chi connectivity index (χ0n) is 12.0. The summed E-state index contributed by atoms with van der Waals surface area (Å²) in [5, 5.41) is 5.68. The SMILES string of the molecule is CCCCCC[C@@H]1C[C@@H](CCc2nc(=S)[nH][nH]2)C(=O)O1. The van der Waals surface area contributed by atoms with Crippen LogP contribution in [0.5, 0.6) is 0 Å². The number of carbonyl (C=O) groups is 1. The molecule has 0 amide bonds. The molecule has 5 nitrogen and oxygen atoms in total. The third kappa shape index (κ3) is 4.44. The van der Waals surface area contributed by atoms with Gasteiger partial charge in [0.25, 0.3) is 0 Å². The van der Waals surface area contributed by atoms with Crippen molar-refractivity contribution in [3.05, 3.63) is 10.6 Å². The van der Waals surface area contributed by atoms with Crippen LogP contribution in [0.2, 0.25) is 0 Å². The minimum absolute atomic E-state index is 0.0184. The highest BCUT2D eigenvalue weighted by atomic mass is 32.1. The van der Waals surface area contributed by atoms with Crippen molar-refractivity contribution in [2.24, 2.45) is 5.92 Å². The molecular weight excluding hydrogens is 274 g/mol. The molecule has 20 heavy (non-hydrogen) atoms. The molecule has 0 spiro atoms. The molecular formula is C14H23N3O2S. The summed E-state index contributed by atoms with van der Waals surface area (Å²) in [4.78, 5) is 16.0. The van der Waals surface area contributed by atoms with Crippen LogP contribution in [0.3, 0.4) is 0 Å². The lowest BCUT2D eigenvalue weighted by atomic mass is 9.97. The second kappa shape index (κ2) is 7.57. The molecule has 1 fully saturated rings. The zero-order chi connectivity index (χ0) is 14.4. The molecule has 2 heterocycles. The number of nitrogens with one attached hydrogen (secondary N) is 2. The van der Waals surface area contributed by atoms with Gasteiger partial charge in [0, 0.05) is 6.42 Å². The fraction of sp³-hybridized carbons (Fsp3) is 0.786. The van der Waals surface area contributed by atoms with Crippen LogP contribution in [-0.4, -0.2) is 27.3 Å². The van der Waals surface area contributed by atoms with E-state index in [9.17, 15) is 4.79 Å². The van der Waals surface area contributed by atoms with Crippen LogP contribution in [0.25, 0.3) is 0 Å². The number of cyclic esters (lactones) is 1. The van der Waals surface area contributed by atoms with Crippen molar-refractivity contribution in [3.63, 3.8) is 0 Å². The summed E-state index contributed by atoms with van der Waals surface area (Å²) in [6.07, 6.45) is 8.39. The van der Waals surface area contributed by atoms with Gasteiger partial charge in [-0.05, 0) is 37.9 Å². The van der Waals surface area contributed by atoms with Gasteiger partial charge < -0.3 is 4.74 Å². The molecule has 2 atom stereocenters. The van der Waals surface area contributed by atoms with Crippen LogP contribution in [0.1, 0.15) is 57.7 Å². The number of aromatic amines is 2. The number of H-pyrrole nitrogens is 2. The Bertz CT molecular complexity index is 483. The Labute approximate surface area is 124 Å². The monoisotopic (exact) mass is 297 g/mol. The second-order valence-corrected chi connectivity index (χ2v) is 5.88. The van der Waals surface area contributed by atoms with Crippen molar-refractivity contribution in [1.29, 1.82) is 0 Å². The molecule has 112 valence electrons. The number of esters is 1. The molecule has 1 aromatic heterocycles. The smallest absolute Gasteiger partial charge is 0.309 e. The minimum atomic E-state index is -0.0420. The lowest BCUT2D eigenvalue weighted by Gasteiger charge is -2.07. The predicted molar refractivity (Wildman–Crippen MR) is 78.8 cm³/mol. The largest absolute Gasteiger partial charge is 0.462 e. The molecule has 0 aromatic carbocycles. The number of ether oxygens (including phenoxy) is 1. The fourth-order valence-electron chi connectivity index (χ4n) is 2.67. The maximum atomic E-state index is 11.8. The molecule has 6 heteroatoms. The first-order valence-electron chi connectivity index (χ1n) is 7.53. The van der Waals surface area contributed by atoms with Crippen molar-refractivity contribution < 1.29 is 9.53 Å². The Morgan fingerprint density at radius 3 is 2.85 bits per heavy atom. The number of aromatic nitrogens is 3. The normalized spacial score (nSPS) is 22.1. The van der Waals surface area contributed by atoms with Crippen LogP contribution in [0.15, 0.2) is 0 Å². The van der Waals surface area contributed by atoms with Gasteiger partial charge in [0.05, 0.1) is 5.92 Å². The Morgan fingerprint density at radius 1 is 1.30 bits per heavy atom. The van der Waals surface area contributed by atoms with Gasteiger partial charge in [0.1, 0.15) is 11.9 Å². The molecule has 1 aliphatic heterocycles. The van der Waals surface area contributed by atoms with E-state index in [-0.39, 0.29) is 18.0 Å². The van der Waals surface area contributed by atoms with E-state index in [1.807, 2.05) is 0 Å². The van der Waals surface area contributed by atoms with Crippen molar-refractivity contribution in [3.8, 4) is 0 Å². The van der Waals surface area contributed by atoms with Gasteiger partial charge >= 0.3 is 5.97 Å². The standard InChI is InChI=1S/C14H23N3O2S/c1-2-3-4-5-6-11-9-10(13(18)19-11)7-8-12-15-14(20)17-16-12/h10-11H,2-9H2,1H3,(H2,15,16,17,20)/t10-,11-/m1/s1. The molecule has 0 aliphatic carbocycles. The first kappa shape index (κ1) is 15.2. The number of hydrogen-bond donors (Lipinski definition) is 2. The van der Waals surface area contributed by atoms with Crippen LogP contribution in [-0.2, 0) is 16.0 Å². The molecule has 1 aromatic rings. The van der Waals surface area contributed by atoms with Crippen molar-refractivity contribution in [2.45, 2.75) is 64.4 Å². The number of nitrogens with zero attached hydrogens (tertiary/aromatic N) is 1. The summed E-state index contributed by atoms with van der Waals surface area (Å²) in [6.45, 7) is 2.20. The molecule has 1 aliphatic rings. The number of aryl methyl sites for hydroxylation is 1. The van der Waals surface area contributed by atoms with Gasteiger partial charge in [-0.15, -0.1) is 0 Å². The van der Waals surface area contributed by atoms with Crippen molar-refractivity contribution in [2.75, 3.05) is 0 Å². The Balaban J connectivity index is 1.70. The van der Waals surface area contributed by atoms with Crippen molar-refractivity contribution >= 4 is 18.2 Å². The van der Waals surface area contributed by atoms with Gasteiger partial charge in [-0.25, -0.2) is 4.98 Å². The lowest BCUT2D eigenvalue weighted by molar-refractivity contribution is -0.144. The average molecular weight is 297 g/mol. The van der Waals surface area contributed by atoms with Crippen LogP contribution < -0.4 is 0 Å². The maximum absolute atomic E-state index is 11.8. The van der Waals surface area contributed by atoms with E-state index in [0.29, 0.717) is 4.77 Å². The van der Waals surface area contributed by atoms with Crippen LogP contribution in [0.4, 0.5) is 0 Å². The highest BCUT2D eigenvalue weighted by molar-refractivity contribution is 7.71. The van der Waals surface area contributed by atoms with Crippen LogP contribution in [0, 0.1) is 10.7 Å². The summed E-state index contributed by atoms with van der Waals surface area (Å²) < 4.78 is 5.91. The van der Waals surface area contributed by atoms with E-state index in [1.54, 1.807) is 0 Å². The maximum Gasteiger partial charge on any atom is 0.309 e. The molecule has 0 radical (unpaired) electrons. The van der Waals surface area contributed by atoms with Gasteiger partial charge in [0.15, 0.2) is 0 Å². The molecule has 1 saturated heterocycles. The van der Waals surface area contributed by atoms with E-state index in [1.165, 1.54) is 19.3 Å². The van der Waals surface area contributed by atoms with Crippen LogP contribution >= 0.6 is 12.2 Å². The number of hydrogen-bond acceptors (Lipinski definition) is 4. The summed E-state index contributed by atoms with van der Waals surface area (Å²) in [5.74, 6) is 0.790. The highest BCUT2D eigenvalue weighted by Crippen LogP contribution is 2.28. The van der Waals surface area contributed by atoms with E-state index < -0.39 is 0 Å². The second-order valence-electron chi connectivity index (χ2n) is 5.49. The molecule has 2 N–H and O–H groups in total. The number of carbonyl (C=O) groups excluding carboxylic acids is 1. The third-order valence-electron chi connectivity index (χ3n) is 3.82. The zero-order valence-corrected chi connectivity index (χ0v) is 12.8. The Kier molecular flexibility index (Phi) is 5.76. The first-order chi connectivity index (χ1) is 9.69.